The summed E-state index contributed by atoms with van der Waals surface area (Å²) in [6.07, 6.45) is 0.753. The molecular formula is C25H26N6O2. The molecule has 0 fully saturated rings. The summed E-state index contributed by atoms with van der Waals surface area (Å²) < 4.78 is 5.12. The Morgan fingerprint density at radius 3 is 2.39 bits per heavy atom. The monoisotopic (exact) mass is 442 g/mol. The SMILES string of the molecule is COc1ccc(C(=O)NCCc2ccc(CNc3ccc4nc(N)nc(N)c4c3)cc2)cc1. The van der Waals surface area contributed by atoms with E-state index >= 15 is 0 Å². The maximum Gasteiger partial charge on any atom is 0.251 e. The quantitative estimate of drug-likeness (QED) is 0.329. The first-order chi connectivity index (χ1) is 16.0. The molecule has 3 aromatic carbocycles. The molecule has 8 nitrogen and oxygen atoms in total. The molecule has 4 rings (SSSR count). The number of carbonyl (C=O) groups is 1. The number of hydrogen-bond acceptors (Lipinski definition) is 7. The molecule has 0 atom stereocenters. The van der Waals surface area contributed by atoms with E-state index in [1.165, 1.54) is 0 Å². The Bertz CT molecular complexity index is 1260. The van der Waals surface area contributed by atoms with Gasteiger partial charge in [-0.1, -0.05) is 24.3 Å². The Hall–Kier alpha value is -4.33. The molecule has 0 saturated heterocycles. The van der Waals surface area contributed by atoms with E-state index in [0.29, 0.717) is 30.0 Å². The lowest BCUT2D eigenvalue weighted by Gasteiger charge is -2.10. The van der Waals surface area contributed by atoms with E-state index in [1.807, 2.05) is 18.2 Å². The van der Waals surface area contributed by atoms with Crippen molar-refractivity contribution < 1.29 is 9.53 Å². The minimum Gasteiger partial charge on any atom is -0.497 e. The lowest BCUT2D eigenvalue weighted by molar-refractivity contribution is 0.0954. The molecule has 0 radical (unpaired) electrons. The number of hydrogen-bond donors (Lipinski definition) is 4. The van der Waals surface area contributed by atoms with Crippen LogP contribution < -0.4 is 26.8 Å². The number of fused-ring (bicyclic) bond motifs is 1. The smallest absolute Gasteiger partial charge is 0.251 e. The van der Waals surface area contributed by atoms with Crippen LogP contribution in [0.5, 0.6) is 5.75 Å². The fourth-order valence-corrected chi connectivity index (χ4v) is 3.47. The number of nitrogens with one attached hydrogen (secondary N) is 2. The van der Waals surface area contributed by atoms with Gasteiger partial charge in [0.2, 0.25) is 5.95 Å². The summed E-state index contributed by atoms with van der Waals surface area (Å²) in [7, 11) is 1.60. The molecule has 168 valence electrons. The van der Waals surface area contributed by atoms with E-state index < -0.39 is 0 Å². The van der Waals surface area contributed by atoms with Crippen molar-refractivity contribution in [1.29, 1.82) is 0 Å². The van der Waals surface area contributed by atoms with E-state index in [-0.39, 0.29) is 11.9 Å². The summed E-state index contributed by atoms with van der Waals surface area (Å²) >= 11 is 0. The molecule has 1 amide bonds. The van der Waals surface area contributed by atoms with Gasteiger partial charge in [0.05, 0.1) is 12.6 Å². The highest BCUT2D eigenvalue weighted by atomic mass is 16.5. The fourth-order valence-electron chi connectivity index (χ4n) is 3.47. The molecule has 33 heavy (non-hydrogen) atoms. The first-order valence-electron chi connectivity index (χ1n) is 10.6. The standard InChI is InChI=1S/C25H26N6O2/c1-33-20-9-6-18(7-10-20)24(32)28-13-12-16-2-4-17(5-3-16)15-29-19-8-11-22-21(14-19)23(26)31-25(27)30-22/h2-11,14,29H,12-13,15H2,1H3,(H,28,32)(H4,26,27,30,31). The van der Waals surface area contributed by atoms with Gasteiger partial charge in [0.1, 0.15) is 11.6 Å². The van der Waals surface area contributed by atoms with Gasteiger partial charge in [0.25, 0.3) is 5.91 Å². The van der Waals surface area contributed by atoms with Crippen LogP contribution in [0.2, 0.25) is 0 Å². The number of methoxy groups -OCH3 is 1. The molecule has 4 aromatic rings. The molecule has 1 aromatic heterocycles. The molecular weight excluding hydrogens is 416 g/mol. The largest absolute Gasteiger partial charge is 0.497 e. The Kier molecular flexibility index (Phi) is 6.54. The van der Waals surface area contributed by atoms with Crippen molar-refractivity contribution in [2.75, 3.05) is 30.4 Å². The zero-order valence-electron chi connectivity index (χ0n) is 18.3. The van der Waals surface area contributed by atoms with Crippen molar-refractivity contribution >= 4 is 34.3 Å². The van der Waals surface area contributed by atoms with Crippen molar-refractivity contribution in [1.82, 2.24) is 15.3 Å². The van der Waals surface area contributed by atoms with Gasteiger partial charge in [-0.2, -0.15) is 4.98 Å². The number of amides is 1. The highest BCUT2D eigenvalue weighted by Gasteiger charge is 2.06. The molecule has 0 aliphatic heterocycles. The highest BCUT2D eigenvalue weighted by molar-refractivity contribution is 5.94. The molecule has 0 saturated carbocycles. The van der Waals surface area contributed by atoms with E-state index in [0.717, 1.165) is 34.4 Å². The minimum atomic E-state index is -0.0948. The second-order valence-electron chi connectivity index (χ2n) is 7.60. The van der Waals surface area contributed by atoms with Crippen LogP contribution in [0.15, 0.2) is 66.7 Å². The average molecular weight is 443 g/mol. The normalized spacial score (nSPS) is 10.7. The second kappa shape index (κ2) is 9.86. The van der Waals surface area contributed by atoms with E-state index in [2.05, 4.69) is 44.9 Å². The molecule has 1 heterocycles. The van der Waals surface area contributed by atoms with E-state index in [4.69, 9.17) is 16.2 Å². The number of aromatic nitrogens is 2. The van der Waals surface area contributed by atoms with Gasteiger partial charge >= 0.3 is 0 Å². The molecule has 0 aliphatic rings. The second-order valence-corrected chi connectivity index (χ2v) is 7.60. The zero-order chi connectivity index (χ0) is 23.2. The van der Waals surface area contributed by atoms with Gasteiger partial charge in [-0.3, -0.25) is 4.79 Å². The van der Waals surface area contributed by atoms with Gasteiger partial charge in [0.15, 0.2) is 0 Å². The molecule has 0 unspecified atom stereocenters. The summed E-state index contributed by atoms with van der Waals surface area (Å²) in [5, 5.41) is 7.10. The molecule has 6 N–H and O–H groups in total. The van der Waals surface area contributed by atoms with Crippen LogP contribution in [0, 0.1) is 0 Å². The summed E-state index contributed by atoms with van der Waals surface area (Å²) in [6.45, 7) is 1.23. The number of anilines is 3. The number of nitrogen functional groups attached to an aromatic ring is 2. The number of benzene rings is 3. The van der Waals surface area contributed by atoms with Crippen LogP contribution in [0.4, 0.5) is 17.5 Å². The number of carbonyl (C=O) groups excluding carboxylic acids is 1. The van der Waals surface area contributed by atoms with Crippen LogP contribution in [0.3, 0.4) is 0 Å². The molecule has 0 bridgehead atoms. The van der Waals surface area contributed by atoms with Crippen molar-refractivity contribution in [2.24, 2.45) is 0 Å². The van der Waals surface area contributed by atoms with E-state index in [1.54, 1.807) is 31.4 Å². The summed E-state index contributed by atoms with van der Waals surface area (Å²) in [6, 6.07) is 21.1. The third kappa shape index (κ3) is 5.48. The molecule has 0 spiro atoms. The fraction of sp³-hybridized carbons (Fsp3) is 0.160. The first-order valence-corrected chi connectivity index (χ1v) is 10.6. The summed E-state index contributed by atoms with van der Waals surface area (Å²) in [5.41, 5.74) is 16.2. The third-order valence-corrected chi connectivity index (χ3v) is 5.31. The van der Waals surface area contributed by atoms with Crippen molar-refractivity contribution in [3.8, 4) is 5.75 Å². The topological polar surface area (TPSA) is 128 Å². The zero-order valence-corrected chi connectivity index (χ0v) is 18.3. The van der Waals surface area contributed by atoms with Gasteiger partial charge in [0, 0.05) is 29.7 Å². The first kappa shape index (κ1) is 21.9. The Labute approximate surface area is 192 Å². The summed E-state index contributed by atoms with van der Waals surface area (Å²) in [4.78, 5) is 20.5. The maximum atomic E-state index is 12.2. The van der Waals surface area contributed by atoms with Gasteiger partial charge < -0.3 is 26.8 Å². The van der Waals surface area contributed by atoms with Gasteiger partial charge in [-0.05, 0) is 60.0 Å². The van der Waals surface area contributed by atoms with Crippen molar-refractivity contribution in [3.05, 3.63) is 83.4 Å². The van der Waals surface area contributed by atoms with Crippen LogP contribution in [-0.4, -0.2) is 29.5 Å². The van der Waals surface area contributed by atoms with Gasteiger partial charge in [-0.15, -0.1) is 0 Å². The van der Waals surface area contributed by atoms with Crippen molar-refractivity contribution in [3.63, 3.8) is 0 Å². The maximum absolute atomic E-state index is 12.2. The Morgan fingerprint density at radius 1 is 0.939 bits per heavy atom. The van der Waals surface area contributed by atoms with Crippen LogP contribution in [-0.2, 0) is 13.0 Å². The minimum absolute atomic E-state index is 0.0948. The lowest BCUT2D eigenvalue weighted by atomic mass is 10.1. The van der Waals surface area contributed by atoms with E-state index in [9.17, 15) is 4.79 Å². The third-order valence-electron chi connectivity index (χ3n) is 5.31. The molecule has 0 aliphatic carbocycles. The van der Waals surface area contributed by atoms with Crippen molar-refractivity contribution in [2.45, 2.75) is 13.0 Å². The van der Waals surface area contributed by atoms with Crippen LogP contribution >= 0.6 is 0 Å². The van der Waals surface area contributed by atoms with Crippen LogP contribution in [0.25, 0.3) is 10.9 Å². The lowest BCUT2D eigenvalue weighted by Crippen LogP contribution is -2.25. The Balaban J connectivity index is 1.27. The summed E-state index contributed by atoms with van der Waals surface area (Å²) in [5.74, 6) is 1.17. The Morgan fingerprint density at radius 2 is 1.67 bits per heavy atom. The molecule has 8 heteroatoms. The number of nitrogens with two attached hydrogens (primary N) is 2. The number of rotatable bonds is 8. The predicted molar refractivity (Wildman–Crippen MR) is 131 cm³/mol. The van der Waals surface area contributed by atoms with Crippen LogP contribution in [0.1, 0.15) is 21.5 Å². The average Bonchev–Trinajstić information content (AvgIpc) is 2.83. The highest BCUT2D eigenvalue weighted by Crippen LogP contribution is 2.23. The number of nitrogens with zero attached hydrogens (tertiary/aromatic N) is 2. The van der Waals surface area contributed by atoms with Gasteiger partial charge in [-0.25, -0.2) is 4.98 Å². The number of ether oxygens (including phenoxy) is 1. The predicted octanol–water partition coefficient (Wildman–Crippen LogP) is 3.39.